The molecule has 0 radical (unpaired) electrons. The van der Waals surface area contributed by atoms with Gasteiger partial charge in [0.05, 0.1) is 10.4 Å². The average Bonchev–Trinajstić information content (AvgIpc) is 1.94. The van der Waals surface area contributed by atoms with E-state index < -0.39 is 0 Å². The Morgan fingerprint density at radius 1 is 1.25 bits per heavy atom. The summed E-state index contributed by atoms with van der Waals surface area (Å²) in [4.78, 5) is 6.94. The van der Waals surface area contributed by atoms with Crippen molar-refractivity contribution >= 4 is 30.1 Å². The zero-order chi connectivity index (χ0) is 5.82. The lowest BCUT2D eigenvalue weighted by molar-refractivity contribution is 0.856. The molecule has 8 heavy (non-hydrogen) atoms. The molecule has 0 saturated carbocycles. The van der Waals surface area contributed by atoms with Crippen LogP contribution in [0.5, 0.6) is 0 Å². The zero-order valence-corrected chi connectivity index (χ0v) is 10.1. The van der Waals surface area contributed by atoms with Gasteiger partial charge in [-0.2, -0.15) is 0 Å². The van der Waals surface area contributed by atoms with Crippen molar-refractivity contribution in [2.45, 2.75) is 0 Å². The standard InChI is InChI=1S/C2H13N3Si3/c6-5-7-3-1-2-4-8-5/h3-4H,1-2,7-8H2,6H3. The summed E-state index contributed by atoms with van der Waals surface area (Å²) in [7, 11) is 1.37. The van der Waals surface area contributed by atoms with Gasteiger partial charge >= 0.3 is 0 Å². The fourth-order valence-corrected chi connectivity index (χ4v) is 4.94. The predicted molar refractivity (Wildman–Crippen MR) is 44.9 cm³/mol. The summed E-state index contributed by atoms with van der Waals surface area (Å²) >= 11 is 0. The molecule has 1 aliphatic rings. The molecule has 0 unspecified atom stereocenters. The van der Waals surface area contributed by atoms with Crippen molar-refractivity contribution in [2.24, 2.45) is 0 Å². The summed E-state index contributed by atoms with van der Waals surface area (Å²) in [5.41, 5.74) is 0. The van der Waals surface area contributed by atoms with E-state index in [1.165, 1.54) is 23.5 Å². The van der Waals surface area contributed by atoms with E-state index in [9.17, 15) is 0 Å². The van der Waals surface area contributed by atoms with Crippen molar-refractivity contribution in [3.63, 3.8) is 0 Å². The summed E-state index contributed by atoms with van der Waals surface area (Å²) in [5, 5.41) is 0. The van der Waals surface area contributed by atoms with Crippen molar-refractivity contribution in [2.75, 3.05) is 13.1 Å². The minimum atomic E-state index is 0.0424. The number of nitrogens with zero attached hydrogens (tertiary/aromatic N) is 1. The summed E-state index contributed by atoms with van der Waals surface area (Å²) in [6.07, 6.45) is 0. The Bertz CT molecular complexity index is 61.5. The van der Waals surface area contributed by atoms with Crippen LogP contribution in [0.2, 0.25) is 0 Å². The monoisotopic (exact) mass is 163 g/mol. The van der Waals surface area contributed by atoms with Crippen LogP contribution < -0.4 is 9.96 Å². The predicted octanol–water partition coefficient (Wildman–Crippen LogP) is -4.24. The molecule has 1 aliphatic heterocycles. The molecule has 0 aromatic rings. The molecule has 0 atom stereocenters. The molecular formula is C2H13N3Si3. The molecule has 1 fully saturated rings. The quantitative estimate of drug-likeness (QED) is 0.354. The SMILES string of the molecule is [SiH3]N1[SiH2]NCCN[SiH2]1. The van der Waals surface area contributed by atoms with E-state index in [0.29, 0.717) is 0 Å². The first kappa shape index (κ1) is 6.65. The van der Waals surface area contributed by atoms with Gasteiger partial charge in [-0.15, -0.1) is 0 Å². The molecule has 1 saturated heterocycles. The smallest absolute Gasteiger partial charge is 0.157 e. The van der Waals surface area contributed by atoms with Gasteiger partial charge in [-0.1, -0.05) is 0 Å². The van der Waals surface area contributed by atoms with Crippen LogP contribution >= 0.6 is 0 Å². The second-order valence-corrected chi connectivity index (χ2v) is 10.7. The highest BCUT2D eigenvalue weighted by Gasteiger charge is 2.00. The average molecular weight is 163 g/mol. The van der Waals surface area contributed by atoms with E-state index in [1.54, 1.807) is 0 Å². The Labute approximate surface area is 57.7 Å². The first-order chi connectivity index (χ1) is 3.89. The highest BCUT2D eigenvalue weighted by molar-refractivity contribution is 6.57. The number of hydrogen-bond acceptors (Lipinski definition) is 3. The first-order valence-corrected chi connectivity index (χ1v) is 6.57. The second kappa shape index (κ2) is 3.54. The second-order valence-electron chi connectivity index (χ2n) is 2.17. The highest BCUT2D eigenvalue weighted by atomic mass is 28.3. The van der Waals surface area contributed by atoms with E-state index in [1.807, 2.05) is 0 Å². The van der Waals surface area contributed by atoms with Gasteiger partial charge in [0.25, 0.3) is 0 Å². The molecule has 0 spiro atoms. The van der Waals surface area contributed by atoms with E-state index in [0.717, 1.165) is 0 Å². The summed E-state index contributed by atoms with van der Waals surface area (Å²) in [5.74, 6) is 0. The first-order valence-electron chi connectivity index (χ1n) is 2.99. The van der Waals surface area contributed by atoms with Gasteiger partial charge in [-0.3, -0.25) is 0 Å². The van der Waals surface area contributed by atoms with Crippen LogP contribution in [0.4, 0.5) is 0 Å². The maximum atomic E-state index is 3.47. The molecule has 2 N–H and O–H groups in total. The molecule has 0 bridgehead atoms. The topological polar surface area (TPSA) is 27.3 Å². The molecule has 0 amide bonds. The maximum absolute atomic E-state index is 3.47. The highest BCUT2D eigenvalue weighted by Crippen LogP contribution is 1.70. The minimum absolute atomic E-state index is 0.0424. The molecular weight excluding hydrogens is 150 g/mol. The van der Waals surface area contributed by atoms with Crippen molar-refractivity contribution in [1.82, 2.24) is 13.9 Å². The molecule has 6 heteroatoms. The molecule has 1 rings (SSSR count). The third kappa shape index (κ3) is 2.20. The fourth-order valence-electron chi connectivity index (χ4n) is 0.773. The van der Waals surface area contributed by atoms with Gasteiger partial charge in [0.2, 0.25) is 0 Å². The van der Waals surface area contributed by atoms with Crippen molar-refractivity contribution in [1.29, 1.82) is 0 Å². The number of nitrogens with one attached hydrogen (secondary N) is 2. The third-order valence-electron chi connectivity index (χ3n) is 1.24. The lowest BCUT2D eigenvalue weighted by Crippen LogP contribution is -2.39. The minimum Gasteiger partial charge on any atom is -0.361 e. The largest absolute Gasteiger partial charge is 0.361 e. The molecule has 3 nitrogen and oxygen atoms in total. The van der Waals surface area contributed by atoms with Crippen molar-refractivity contribution in [3.05, 3.63) is 0 Å². The Balaban J connectivity index is 2.17. The van der Waals surface area contributed by atoms with E-state index in [2.05, 4.69) is 13.9 Å². The zero-order valence-electron chi connectivity index (χ0n) is 5.28. The Kier molecular flexibility index (Phi) is 2.94. The number of rotatable bonds is 0. The molecule has 48 valence electrons. The Hall–Kier alpha value is 0.531. The van der Waals surface area contributed by atoms with Gasteiger partial charge in [0, 0.05) is 13.1 Å². The molecule has 0 aromatic heterocycles. The lowest BCUT2D eigenvalue weighted by atomic mass is 10.7. The van der Waals surface area contributed by atoms with Gasteiger partial charge in [-0.05, 0) is 0 Å². The Morgan fingerprint density at radius 2 is 1.75 bits per heavy atom. The van der Waals surface area contributed by atoms with Crippen LogP contribution in [-0.4, -0.2) is 47.1 Å². The fraction of sp³-hybridized carbons (Fsp3) is 1.00. The third-order valence-corrected chi connectivity index (χ3v) is 6.71. The van der Waals surface area contributed by atoms with Crippen LogP contribution in [0.3, 0.4) is 0 Å². The normalized spacial score (nSPS) is 31.5. The maximum Gasteiger partial charge on any atom is 0.157 e. The summed E-state index contributed by atoms with van der Waals surface area (Å²) in [6, 6.07) is 0. The van der Waals surface area contributed by atoms with Crippen LogP contribution in [0.1, 0.15) is 0 Å². The molecule has 0 aliphatic carbocycles. The van der Waals surface area contributed by atoms with E-state index >= 15 is 0 Å². The van der Waals surface area contributed by atoms with Gasteiger partial charge < -0.3 is 13.9 Å². The van der Waals surface area contributed by atoms with Crippen molar-refractivity contribution in [3.8, 4) is 0 Å². The van der Waals surface area contributed by atoms with E-state index in [-0.39, 0.29) is 19.7 Å². The summed E-state index contributed by atoms with van der Waals surface area (Å²) < 4.78 is 2.62. The number of hydrogen-bond donors (Lipinski definition) is 2. The van der Waals surface area contributed by atoms with Gasteiger partial charge in [0.15, 0.2) is 19.7 Å². The lowest BCUT2D eigenvalue weighted by Gasteiger charge is -2.10. The van der Waals surface area contributed by atoms with Crippen LogP contribution in [0, 0.1) is 0 Å². The van der Waals surface area contributed by atoms with Gasteiger partial charge in [-0.25, -0.2) is 0 Å². The van der Waals surface area contributed by atoms with Gasteiger partial charge in [0.1, 0.15) is 0 Å². The van der Waals surface area contributed by atoms with Crippen molar-refractivity contribution < 1.29 is 0 Å². The van der Waals surface area contributed by atoms with Crippen LogP contribution in [0.25, 0.3) is 0 Å². The van der Waals surface area contributed by atoms with E-state index in [4.69, 9.17) is 0 Å². The molecule has 0 aromatic carbocycles. The van der Waals surface area contributed by atoms with Crippen LogP contribution in [-0.2, 0) is 0 Å². The van der Waals surface area contributed by atoms with Crippen LogP contribution in [0.15, 0.2) is 0 Å². The Morgan fingerprint density at radius 3 is 2.25 bits per heavy atom. The summed E-state index contributed by atoms with van der Waals surface area (Å²) in [6.45, 7) is 2.41. The molecule has 1 heterocycles.